The number of nitrogens with one attached hydrogen (secondary N) is 2. The SMILES string of the molecule is CCNC(=O)Nc1ccc(-c2cc(-c3cc(F)ccc3S(C)(=O)=O)nc(N3CCOC[C@@H]3C)n2)cc1. The number of nitrogens with zero attached hydrogens (tertiary/aromatic N) is 3. The fourth-order valence-electron chi connectivity index (χ4n) is 3.96. The van der Waals surface area contributed by atoms with Gasteiger partial charge in [-0.15, -0.1) is 0 Å². The zero-order chi connectivity index (χ0) is 25.9. The zero-order valence-electron chi connectivity index (χ0n) is 20.3. The molecule has 0 radical (unpaired) electrons. The van der Waals surface area contributed by atoms with Crippen LogP contribution in [-0.2, 0) is 14.6 Å². The monoisotopic (exact) mass is 513 g/mol. The van der Waals surface area contributed by atoms with Gasteiger partial charge >= 0.3 is 6.03 Å². The first-order valence-corrected chi connectivity index (χ1v) is 13.4. The second-order valence-electron chi connectivity index (χ2n) is 8.53. The third-order valence-corrected chi connectivity index (χ3v) is 6.89. The molecule has 3 aromatic rings. The third kappa shape index (κ3) is 5.80. The quantitative estimate of drug-likeness (QED) is 0.483. The lowest BCUT2D eigenvalue weighted by molar-refractivity contribution is 0.0981. The standard InChI is InChI=1S/C25H28FN5O4S/c1-4-27-25(32)28-19-8-5-17(6-9-19)21-14-22(20-13-18(26)7-10-23(20)36(3,33)34)30-24(29-21)31-11-12-35-15-16(31)2/h5-10,13-14,16H,4,11-12,15H2,1-3H3,(H2,27,28,32)/t16-/m0/s1. The van der Waals surface area contributed by atoms with Crippen LogP contribution >= 0.6 is 0 Å². The van der Waals surface area contributed by atoms with E-state index in [-0.39, 0.29) is 28.2 Å². The Morgan fingerprint density at radius 2 is 1.86 bits per heavy atom. The van der Waals surface area contributed by atoms with E-state index in [1.54, 1.807) is 30.3 Å². The molecular weight excluding hydrogens is 485 g/mol. The number of urea groups is 1. The molecule has 1 aromatic heterocycles. The fourth-order valence-corrected chi connectivity index (χ4v) is 4.84. The zero-order valence-corrected chi connectivity index (χ0v) is 21.1. The van der Waals surface area contributed by atoms with Crippen molar-refractivity contribution in [3.05, 3.63) is 54.3 Å². The maximum Gasteiger partial charge on any atom is 0.319 e. The first-order valence-electron chi connectivity index (χ1n) is 11.5. The van der Waals surface area contributed by atoms with E-state index < -0.39 is 15.7 Å². The van der Waals surface area contributed by atoms with Gasteiger partial charge in [-0.2, -0.15) is 0 Å². The number of carbonyl (C=O) groups excluding carboxylic acids is 1. The number of aromatic nitrogens is 2. The average molecular weight is 514 g/mol. The number of benzene rings is 2. The van der Waals surface area contributed by atoms with E-state index in [1.807, 2.05) is 18.7 Å². The summed E-state index contributed by atoms with van der Waals surface area (Å²) in [5.41, 5.74) is 2.31. The average Bonchev–Trinajstić information content (AvgIpc) is 2.84. The molecule has 9 nitrogen and oxygen atoms in total. The molecule has 0 unspecified atom stereocenters. The highest BCUT2D eigenvalue weighted by Gasteiger charge is 2.24. The van der Waals surface area contributed by atoms with Crippen LogP contribution in [0.1, 0.15) is 13.8 Å². The maximum absolute atomic E-state index is 14.3. The molecular formula is C25H28FN5O4S. The van der Waals surface area contributed by atoms with Gasteiger partial charge < -0.3 is 20.3 Å². The van der Waals surface area contributed by atoms with Gasteiger partial charge in [-0.25, -0.2) is 27.6 Å². The van der Waals surface area contributed by atoms with Crippen LogP contribution in [0.3, 0.4) is 0 Å². The molecule has 11 heteroatoms. The number of rotatable bonds is 6. The van der Waals surface area contributed by atoms with Crippen LogP contribution in [0.4, 0.5) is 20.8 Å². The Labute approximate surface area is 209 Å². The summed E-state index contributed by atoms with van der Waals surface area (Å²) in [5, 5.41) is 5.41. The molecule has 1 aliphatic heterocycles. The van der Waals surface area contributed by atoms with E-state index in [1.165, 1.54) is 12.1 Å². The molecule has 2 aromatic carbocycles. The van der Waals surface area contributed by atoms with Gasteiger partial charge in [0.25, 0.3) is 0 Å². The molecule has 0 aliphatic carbocycles. The minimum absolute atomic E-state index is 0.00704. The van der Waals surface area contributed by atoms with E-state index in [4.69, 9.17) is 9.72 Å². The molecule has 1 saturated heterocycles. The lowest BCUT2D eigenvalue weighted by Gasteiger charge is -2.33. The molecule has 1 aliphatic rings. The van der Waals surface area contributed by atoms with Crippen LogP contribution in [0.5, 0.6) is 0 Å². The summed E-state index contributed by atoms with van der Waals surface area (Å²) < 4.78 is 44.7. The van der Waals surface area contributed by atoms with Crippen LogP contribution in [0.2, 0.25) is 0 Å². The minimum Gasteiger partial charge on any atom is -0.377 e. The van der Waals surface area contributed by atoms with Crippen molar-refractivity contribution >= 4 is 27.5 Å². The first kappa shape index (κ1) is 25.5. The number of anilines is 2. The Balaban J connectivity index is 1.82. The van der Waals surface area contributed by atoms with Crippen LogP contribution in [0.25, 0.3) is 22.5 Å². The highest BCUT2D eigenvalue weighted by Crippen LogP contribution is 2.32. The fraction of sp³-hybridized carbons (Fsp3) is 0.320. The number of sulfone groups is 1. The Kier molecular flexibility index (Phi) is 7.51. The van der Waals surface area contributed by atoms with Crippen molar-refractivity contribution < 1.29 is 22.3 Å². The lowest BCUT2D eigenvalue weighted by atomic mass is 10.1. The summed E-state index contributed by atoms with van der Waals surface area (Å²) in [6.07, 6.45) is 1.08. The maximum atomic E-state index is 14.3. The van der Waals surface area contributed by atoms with Crippen LogP contribution in [0, 0.1) is 5.82 Å². The van der Waals surface area contributed by atoms with Gasteiger partial charge in [-0.1, -0.05) is 12.1 Å². The van der Waals surface area contributed by atoms with Crippen molar-refractivity contribution in [2.75, 3.05) is 42.8 Å². The van der Waals surface area contributed by atoms with Gasteiger partial charge in [0.2, 0.25) is 5.95 Å². The van der Waals surface area contributed by atoms with Crippen molar-refractivity contribution in [2.45, 2.75) is 24.8 Å². The molecule has 2 heterocycles. The summed E-state index contributed by atoms with van der Waals surface area (Å²) in [7, 11) is -3.65. The Morgan fingerprint density at radius 3 is 2.53 bits per heavy atom. The van der Waals surface area contributed by atoms with Crippen LogP contribution in [0.15, 0.2) is 53.4 Å². The largest absolute Gasteiger partial charge is 0.377 e. The molecule has 1 atom stereocenters. The van der Waals surface area contributed by atoms with Crippen molar-refractivity contribution in [3.8, 4) is 22.5 Å². The van der Waals surface area contributed by atoms with Gasteiger partial charge in [0, 0.05) is 36.2 Å². The summed E-state index contributed by atoms with van der Waals surface area (Å²) in [6.45, 7) is 5.88. The summed E-state index contributed by atoms with van der Waals surface area (Å²) in [4.78, 5) is 23.2. The molecule has 2 N–H and O–H groups in total. The molecule has 0 bridgehead atoms. The Bertz CT molecular complexity index is 1370. The highest BCUT2D eigenvalue weighted by atomic mass is 32.2. The van der Waals surface area contributed by atoms with Gasteiger partial charge in [-0.05, 0) is 50.2 Å². The van der Waals surface area contributed by atoms with E-state index in [0.717, 1.165) is 17.9 Å². The number of hydrogen-bond acceptors (Lipinski definition) is 7. The predicted octanol–water partition coefficient (Wildman–Crippen LogP) is 3.72. The molecule has 190 valence electrons. The van der Waals surface area contributed by atoms with Crippen LogP contribution in [-0.4, -0.2) is 63.0 Å². The smallest absolute Gasteiger partial charge is 0.319 e. The summed E-state index contributed by atoms with van der Waals surface area (Å²) in [6, 6.07) is 11.9. The van der Waals surface area contributed by atoms with E-state index in [9.17, 15) is 17.6 Å². The highest BCUT2D eigenvalue weighted by molar-refractivity contribution is 7.90. The summed E-state index contributed by atoms with van der Waals surface area (Å²) >= 11 is 0. The number of ether oxygens (including phenoxy) is 1. The lowest BCUT2D eigenvalue weighted by Crippen LogP contribution is -2.44. The predicted molar refractivity (Wildman–Crippen MR) is 136 cm³/mol. The number of carbonyl (C=O) groups is 1. The van der Waals surface area contributed by atoms with Crippen LogP contribution < -0.4 is 15.5 Å². The van der Waals surface area contributed by atoms with E-state index in [2.05, 4.69) is 15.6 Å². The molecule has 0 spiro atoms. The van der Waals surface area contributed by atoms with Gasteiger partial charge in [0.05, 0.1) is 35.5 Å². The van der Waals surface area contributed by atoms with Crippen molar-refractivity contribution in [2.24, 2.45) is 0 Å². The Morgan fingerprint density at radius 1 is 1.14 bits per heavy atom. The van der Waals surface area contributed by atoms with Gasteiger partial charge in [0.1, 0.15) is 5.82 Å². The Hall–Kier alpha value is -3.57. The topological polar surface area (TPSA) is 114 Å². The molecule has 4 rings (SSSR count). The number of halogens is 1. The number of morpholine rings is 1. The molecule has 2 amide bonds. The first-order chi connectivity index (χ1) is 17.2. The summed E-state index contributed by atoms with van der Waals surface area (Å²) in [5.74, 6) is -0.175. The van der Waals surface area contributed by atoms with Gasteiger partial charge in [-0.3, -0.25) is 0 Å². The van der Waals surface area contributed by atoms with Gasteiger partial charge in [0.15, 0.2) is 9.84 Å². The molecule has 1 fully saturated rings. The van der Waals surface area contributed by atoms with Crippen molar-refractivity contribution in [1.82, 2.24) is 15.3 Å². The second kappa shape index (κ2) is 10.6. The van der Waals surface area contributed by atoms with Crippen molar-refractivity contribution in [1.29, 1.82) is 0 Å². The molecule has 0 saturated carbocycles. The normalized spacial score (nSPS) is 16.0. The van der Waals surface area contributed by atoms with Crippen molar-refractivity contribution in [3.63, 3.8) is 0 Å². The third-order valence-electron chi connectivity index (χ3n) is 5.73. The number of hydrogen-bond donors (Lipinski definition) is 2. The number of amides is 2. The van der Waals surface area contributed by atoms with E-state index >= 15 is 0 Å². The minimum atomic E-state index is -3.65. The van der Waals surface area contributed by atoms with E-state index in [0.29, 0.717) is 43.6 Å². The molecule has 36 heavy (non-hydrogen) atoms. The second-order valence-corrected chi connectivity index (χ2v) is 10.5.